The number of aromatic amines is 1. The summed E-state index contributed by atoms with van der Waals surface area (Å²) < 4.78 is 5.09. The summed E-state index contributed by atoms with van der Waals surface area (Å²) in [6, 6.07) is 16.6. The Morgan fingerprint density at radius 2 is 1.79 bits per heavy atom. The Morgan fingerprint density at radius 3 is 2.46 bits per heavy atom. The molecule has 1 N–H and O–H groups in total. The van der Waals surface area contributed by atoms with E-state index in [1.165, 1.54) is 0 Å². The molecule has 0 bridgehead atoms. The number of hydrogen-bond acceptors (Lipinski definition) is 6. The molecule has 0 saturated carbocycles. The van der Waals surface area contributed by atoms with Gasteiger partial charge in [0.05, 0.1) is 13.7 Å². The third-order valence-electron chi connectivity index (χ3n) is 3.31. The van der Waals surface area contributed by atoms with Gasteiger partial charge in [0, 0.05) is 5.56 Å². The number of benzene rings is 2. The second kappa shape index (κ2) is 7.28. The summed E-state index contributed by atoms with van der Waals surface area (Å²) in [5, 5.41) is 15.7. The molecule has 0 unspecified atom stereocenters. The van der Waals surface area contributed by atoms with Crippen molar-refractivity contribution < 1.29 is 4.74 Å². The molecule has 0 fully saturated rings. The van der Waals surface area contributed by atoms with E-state index in [9.17, 15) is 4.79 Å². The Kier molecular flexibility index (Phi) is 4.71. The number of methoxy groups -OCH3 is 1. The lowest BCUT2D eigenvalue weighted by Gasteiger charge is -2.00. The first-order valence-electron chi connectivity index (χ1n) is 7.29. The van der Waals surface area contributed by atoms with Crippen LogP contribution in [0.2, 0.25) is 0 Å². The fraction of sp³-hybridized carbons (Fsp3) is 0.118. The number of aromatic nitrogens is 3. The van der Waals surface area contributed by atoms with E-state index in [1.54, 1.807) is 19.2 Å². The van der Waals surface area contributed by atoms with Crippen molar-refractivity contribution in [2.75, 3.05) is 7.11 Å². The molecule has 0 spiro atoms. The molecule has 0 atom stereocenters. The molecule has 7 heteroatoms. The number of ether oxygens (including phenoxy) is 1. The highest BCUT2D eigenvalue weighted by molar-refractivity contribution is 5.57. The predicted molar refractivity (Wildman–Crippen MR) is 89.3 cm³/mol. The van der Waals surface area contributed by atoms with Gasteiger partial charge < -0.3 is 4.74 Å². The standard InChI is InChI=1S/C17H15N5O2/c1-24-14-9-7-12(8-10-14)11-18-21-17-19-16(23)15(20-22-17)13-5-3-2-4-6-13/h2-10H,11H2,1H3,(H,19,22,23). The zero-order valence-electron chi connectivity index (χ0n) is 13.0. The molecule has 24 heavy (non-hydrogen) atoms. The first kappa shape index (κ1) is 15.5. The van der Waals surface area contributed by atoms with Crippen LogP contribution < -0.4 is 10.3 Å². The van der Waals surface area contributed by atoms with Crippen molar-refractivity contribution in [3.8, 4) is 17.0 Å². The molecule has 2 aromatic carbocycles. The van der Waals surface area contributed by atoms with Gasteiger partial charge in [-0.2, -0.15) is 5.11 Å². The van der Waals surface area contributed by atoms with Crippen LogP contribution in [0.3, 0.4) is 0 Å². The largest absolute Gasteiger partial charge is 0.497 e. The van der Waals surface area contributed by atoms with E-state index in [-0.39, 0.29) is 17.2 Å². The molecule has 120 valence electrons. The molecule has 0 amide bonds. The summed E-state index contributed by atoms with van der Waals surface area (Å²) in [6.07, 6.45) is 0. The highest BCUT2D eigenvalue weighted by atomic mass is 16.5. The minimum absolute atomic E-state index is 0.0770. The number of azo groups is 1. The Labute approximate surface area is 138 Å². The molecule has 1 heterocycles. The van der Waals surface area contributed by atoms with Gasteiger partial charge in [0.2, 0.25) is 0 Å². The van der Waals surface area contributed by atoms with Crippen molar-refractivity contribution in [1.82, 2.24) is 15.2 Å². The molecule has 0 radical (unpaired) electrons. The number of nitrogens with one attached hydrogen (secondary N) is 1. The minimum atomic E-state index is -0.352. The number of nitrogens with zero attached hydrogens (tertiary/aromatic N) is 4. The van der Waals surface area contributed by atoms with E-state index in [1.807, 2.05) is 42.5 Å². The quantitative estimate of drug-likeness (QED) is 0.731. The molecule has 0 aliphatic carbocycles. The van der Waals surface area contributed by atoms with Crippen LogP contribution in [0.4, 0.5) is 5.95 Å². The van der Waals surface area contributed by atoms with Crippen LogP contribution in [-0.4, -0.2) is 22.3 Å². The lowest BCUT2D eigenvalue weighted by Crippen LogP contribution is -2.12. The lowest BCUT2D eigenvalue weighted by molar-refractivity contribution is 0.414. The van der Waals surface area contributed by atoms with Gasteiger partial charge in [-0.3, -0.25) is 9.78 Å². The van der Waals surface area contributed by atoms with Gasteiger partial charge in [0.25, 0.3) is 11.5 Å². The minimum Gasteiger partial charge on any atom is -0.497 e. The normalized spacial score (nSPS) is 10.9. The zero-order valence-corrected chi connectivity index (χ0v) is 13.0. The van der Waals surface area contributed by atoms with Crippen LogP contribution in [0, 0.1) is 0 Å². The SMILES string of the molecule is COc1ccc(CN=Nc2nnc(-c3ccccc3)c(=O)[nH]2)cc1. The van der Waals surface area contributed by atoms with Crippen molar-refractivity contribution in [3.05, 3.63) is 70.5 Å². The average Bonchev–Trinajstić information content (AvgIpc) is 2.63. The van der Waals surface area contributed by atoms with Crippen LogP contribution in [0.1, 0.15) is 5.56 Å². The predicted octanol–water partition coefficient (Wildman–Crippen LogP) is 3.12. The highest BCUT2D eigenvalue weighted by Crippen LogP contribution is 2.13. The number of H-pyrrole nitrogens is 1. The molecule has 3 aromatic rings. The zero-order chi connectivity index (χ0) is 16.8. The topological polar surface area (TPSA) is 92.6 Å². The van der Waals surface area contributed by atoms with Gasteiger partial charge in [-0.25, -0.2) is 0 Å². The van der Waals surface area contributed by atoms with E-state index < -0.39 is 0 Å². The lowest BCUT2D eigenvalue weighted by atomic mass is 10.2. The molecule has 7 nitrogen and oxygen atoms in total. The van der Waals surface area contributed by atoms with Crippen molar-refractivity contribution in [1.29, 1.82) is 0 Å². The highest BCUT2D eigenvalue weighted by Gasteiger charge is 2.06. The van der Waals surface area contributed by atoms with Crippen molar-refractivity contribution in [2.45, 2.75) is 6.54 Å². The van der Waals surface area contributed by atoms with Crippen LogP contribution in [0.25, 0.3) is 11.3 Å². The number of hydrogen-bond donors (Lipinski definition) is 1. The second-order valence-electron chi connectivity index (χ2n) is 4.94. The average molecular weight is 321 g/mol. The van der Waals surface area contributed by atoms with Gasteiger partial charge >= 0.3 is 0 Å². The summed E-state index contributed by atoms with van der Waals surface area (Å²) in [6.45, 7) is 0.369. The maximum Gasteiger partial charge on any atom is 0.279 e. The molecule has 3 rings (SSSR count). The summed E-state index contributed by atoms with van der Waals surface area (Å²) in [5.74, 6) is 0.857. The molecule has 0 saturated heterocycles. The Hall–Kier alpha value is -3.35. The smallest absolute Gasteiger partial charge is 0.279 e. The number of rotatable bonds is 5. The summed E-state index contributed by atoms with van der Waals surface area (Å²) in [5.41, 5.74) is 1.57. The molecule has 0 aliphatic rings. The first-order chi connectivity index (χ1) is 11.8. The summed E-state index contributed by atoms with van der Waals surface area (Å²) >= 11 is 0. The van der Waals surface area contributed by atoms with Gasteiger partial charge in [-0.05, 0) is 17.7 Å². The van der Waals surface area contributed by atoms with E-state index in [2.05, 4.69) is 25.4 Å². The summed E-state index contributed by atoms with van der Waals surface area (Å²) in [4.78, 5) is 14.6. The van der Waals surface area contributed by atoms with Crippen molar-refractivity contribution in [2.24, 2.45) is 10.2 Å². The first-order valence-corrected chi connectivity index (χ1v) is 7.29. The van der Waals surface area contributed by atoms with E-state index >= 15 is 0 Å². The Bertz CT molecular complexity index is 889. The molecular weight excluding hydrogens is 306 g/mol. The summed E-state index contributed by atoms with van der Waals surface area (Å²) in [7, 11) is 1.61. The van der Waals surface area contributed by atoms with Crippen LogP contribution in [-0.2, 0) is 6.54 Å². The fourth-order valence-corrected chi connectivity index (χ4v) is 2.07. The maximum atomic E-state index is 12.1. The van der Waals surface area contributed by atoms with E-state index in [4.69, 9.17) is 4.74 Å². The van der Waals surface area contributed by atoms with Gasteiger partial charge in [0.1, 0.15) is 5.75 Å². The van der Waals surface area contributed by atoms with Crippen molar-refractivity contribution in [3.63, 3.8) is 0 Å². The molecule has 0 aliphatic heterocycles. The van der Waals surface area contributed by atoms with Crippen LogP contribution >= 0.6 is 0 Å². The Balaban J connectivity index is 1.71. The molecular formula is C17H15N5O2. The van der Waals surface area contributed by atoms with E-state index in [0.29, 0.717) is 12.1 Å². The third-order valence-corrected chi connectivity index (χ3v) is 3.31. The monoisotopic (exact) mass is 321 g/mol. The Morgan fingerprint density at radius 1 is 1.04 bits per heavy atom. The second-order valence-corrected chi connectivity index (χ2v) is 4.94. The van der Waals surface area contributed by atoms with Crippen LogP contribution in [0.5, 0.6) is 5.75 Å². The van der Waals surface area contributed by atoms with Crippen molar-refractivity contribution >= 4 is 5.95 Å². The van der Waals surface area contributed by atoms with Gasteiger partial charge in [-0.1, -0.05) is 42.5 Å². The fourth-order valence-electron chi connectivity index (χ4n) is 2.07. The molecule has 1 aromatic heterocycles. The van der Waals surface area contributed by atoms with E-state index in [0.717, 1.165) is 11.3 Å². The van der Waals surface area contributed by atoms with Gasteiger partial charge in [-0.15, -0.1) is 15.3 Å². The van der Waals surface area contributed by atoms with Gasteiger partial charge in [0.15, 0.2) is 5.69 Å². The third kappa shape index (κ3) is 3.70. The van der Waals surface area contributed by atoms with Crippen LogP contribution in [0.15, 0.2) is 69.6 Å². The maximum absolute atomic E-state index is 12.1.